The van der Waals surface area contributed by atoms with Gasteiger partial charge in [-0.15, -0.1) is 0 Å². The van der Waals surface area contributed by atoms with Crippen molar-refractivity contribution in [1.29, 1.82) is 0 Å². The molecule has 86 valence electrons. The van der Waals surface area contributed by atoms with E-state index in [1.54, 1.807) is 0 Å². The Labute approximate surface area is 92.7 Å². The molecule has 3 N–H and O–H groups in total. The molecule has 0 saturated carbocycles. The topological polar surface area (TPSA) is 43.0 Å². The summed E-state index contributed by atoms with van der Waals surface area (Å²) >= 11 is 0. The molecule has 0 aromatic carbocycles. The van der Waals surface area contributed by atoms with Crippen molar-refractivity contribution in [2.45, 2.75) is 39.3 Å². The maximum atomic E-state index is 5.44. The summed E-state index contributed by atoms with van der Waals surface area (Å²) in [6.45, 7) is 6.16. The Bertz CT molecular complexity index is 255. The molecule has 0 aliphatic carbocycles. The van der Waals surface area contributed by atoms with Gasteiger partial charge >= 0.3 is 0 Å². The summed E-state index contributed by atoms with van der Waals surface area (Å²) < 4.78 is 2.32. The molecular formula is C12H23N3. The highest BCUT2D eigenvalue weighted by molar-refractivity contribution is 5.06. The van der Waals surface area contributed by atoms with Gasteiger partial charge in [-0.25, -0.2) is 0 Å². The van der Waals surface area contributed by atoms with E-state index in [-0.39, 0.29) is 0 Å². The lowest BCUT2D eigenvalue weighted by atomic mass is 10.3. The number of nitrogens with one attached hydrogen (secondary N) is 1. The third-order valence-electron chi connectivity index (χ3n) is 2.50. The molecule has 0 amide bonds. The van der Waals surface area contributed by atoms with Crippen LogP contribution in [0.4, 0.5) is 0 Å². The molecule has 0 aliphatic heterocycles. The number of rotatable bonds is 8. The van der Waals surface area contributed by atoms with Crippen LogP contribution >= 0.6 is 0 Å². The number of aryl methyl sites for hydroxylation is 1. The number of hydrogen-bond acceptors (Lipinski definition) is 2. The lowest BCUT2D eigenvalue weighted by Gasteiger charge is -2.08. The molecule has 0 unspecified atom stereocenters. The van der Waals surface area contributed by atoms with Gasteiger partial charge in [0.2, 0.25) is 0 Å². The first-order valence-electron chi connectivity index (χ1n) is 5.93. The minimum absolute atomic E-state index is 0.799. The van der Waals surface area contributed by atoms with Crippen molar-refractivity contribution in [3.8, 4) is 0 Å². The zero-order valence-corrected chi connectivity index (χ0v) is 9.71. The van der Waals surface area contributed by atoms with Crippen molar-refractivity contribution in [1.82, 2.24) is 9.88 Å². The molecule has 1 heterocycles. The predicted molar refractivity (Wildman–Crippen MR) is 64.7 cm³/mol. The Kier molecular flexibility index (Phi) is 6.12. The fraction of sp³-hybridized carbons (Fsp3) is 0.667. The van der Waals surface area contributed by atoms with Crippen molar-refractivity contribution in [3.05, 3.63) is 24.0 Å². The second-order valence-corrected chi connectivity index (χ2v) is 3.87. The van der Waals surface area contributed by atoms with Gasteiger partial charge in [-0.05, 0) is 44.5 Å². The zero-order chi connectivity index (χ0) is 10.9. The van der Waals surface area contributed by atoms with E-state index in [4.69, 9.17) is 5.73 Å². The van der Waals surface area contributed by atoms with E-state index in [1.807, 2.05) is 0 Å². The number of hydrogen-bond donors (Lipinski definition) is 2. The van der Waals surface area contributed by atoms with Gasteiger partial charge in [0, 0.05) is 25.0 Å². The fourth-order valence-electron chi connectivity index (χ4n) is 1.68. The second kappa shape index (κ2) is 7.49. The Morgan fingerprint density at radius 3 is 3.00 bits per heavy atom. The summed E-state index contributed by atoms with van der Waals surface area (Å²) in [4.78, 5) is 0. The van der Waals surface area contributed by atoms with E-state index in [0.717, 1.165) is 32.6 Å². The number of unbranched alkanes of at least 4 members (excludes halogenated alkanes) is 1. The van der Waals surface area contributed by atoms with Crippen molar-refractivity contribution < 1.29 is 0 Å². The molecule has 3 nitrogen and oxygen atoms in total. The molecule has 0 atom stereocenters. The standard InChI is InChI=1S/C12H23N3/c1-2-9-15-10-5-6-12(15)11-14-8-4-3-7-13/h5-6,10,14H,2-4,7-9,11,13H2,1H3. The molecule has 0 spiro atoms. The first-order chi connectivity index (χ1) is 7.38. The van der Waals surface area contributed by atoms with Gasteiger partial charge in [-0.2, -0.15) is 0 Å². The number of aromatic nitrogens is 1. The Morgan fingerprint density at radius 2 is 2.27 bits per heavy atom. The number of nitrogens with two attached hydrogens (primary N) is 1. The predicted octanol–water partition coefficient (Wildman–Crippen LogP) is 1.73. The van der Waals surface area contributed by atoms with Gasteiger partial charge in [0.25, 0.3) is 0 Å². The van der Waals surface area contributed by atoms with Crippen LogP contribution < -0.4 is 11.1 Å². The summed E-state index contributed by atoms with van der Waals surface area (Å²) in [7, 11) is 0. The van der Waals surface area contributed by atoms with Crippen LogP contribution in [0, 0.1) is 0 Å². The van der Waals surface area contributed by atoms with E-state index < -0.39 is 0 Å². The van der Waals surface area contributed by atoms with Crippen LogP contribution in [0.25, 0.3) is 0 Å². The lowest BCUT2D eigenvalue weighted by molar-refractivity contribution is 0.582. The monoisotopic (exact) mass is 209 g/mol. The molecular weight excluding hydrogens is 186 g/mol. The van der Waals surface area contributed by atoms with Crippen LogP contribution in [0.1, 0.15) is 31.9 Å². The van der Waals surface area contributed by atoms with Crippen molar-refractivity contribution in [2.24, 2.45) is 5.73 Å². The average molecular weight is 209 g/mol. The van der Waals surface area contributed by atoms with Crippen LogP contribution in [-0.4, -0.2) is 17.7 Å². The normalized spacial score (nSPS) is 10.8. The summed E-state index contributed by atoms with van der Waals surface area (Å²) in [5.74, 6) is 0. The third-order valence-corrected chi connectivity index (χ3v) is 2.50. The minimum atomic E-state index is 0.799. The number of nitrogens with zero attached hydrogens (tertiary/aromatic N) is 1. The molecule has 0 bridgehead atoms. The van der Waals surface area contributed by atoms with E-state index >= 15 is 0 Å². The average Bonchev–Trinajstić information content (AvgIpc) is 2.66. The Balaban J connectivity index is 2.21. The largest absolute Gasteiger partial charge is 0.350 e. The van der Waals surface area contributed by atoms with Crippen LogP contribution in [-0.2, 0) is 13.1 Å². The van der Waals surface area contributed by atoms with Gasteiger partial charge in [-0.3, -0.25) is 0 Å². The van der Waals surface area contributed by atoms with Gasteiger partial charge < -0.3 is 15.6 Å². The Hall–Kier alpha value is -0.800. The first kappa shape index (κ1) is 12.3. The van der Waals surface area contributed by atoms with Crippen LogP contribution in [0.3, 0.4) is 0 Å². The van der Waals surface area contributed by atoms with E-state index in [9.17, 15) is 0 Å². The second-order valence-electron chi connectivity index (χ2n) is 3.87. The molecule has 0 saturated heterocycles. The SMILES string of the molecule is CCCn1cccc1CNCCCCN. The van der Waals surface area contributed by atoms with Crippen molar-refractivity contribution >= 4 is 0 Å². The quantitative estimate of drug-likeness (QED) is 0.640. The molecule has 0 radical (unpaired) electrons. The third kappa shape index (κ3) is 4.49. The molecule has 0 aliphatic rings. The molecule has 15 heavy (non-hydrogen) atoms. The molecule has 3 heteroatoms. The maximum absolute atomic E-state index is 5.44. The van der Waals surface area contributed by atoms with Gasteiger partial charge in [-0.1, -0.05) is 6.92 Å². The zero-order valence-electron chi connectivity index (χ0n) is 9.71. The fourth-order valence-corrected chi connectivity index (χ4v) is 1.68. The molecule has 1 rings (SSSR count). The highest BCUT2D eigenvalue weighted by Gasteiger charge is 1.98. The van der Waals surface area contributed by atoms with Crippen molar-refractivity contribution in [2.75, 3.05) is 13.1 Å². The van der Waals surface area contributed by atoms with E-state index in [0.29, 0.717) is 0 Å². The van der Waals surface area contributed by atoms with E-state index in [2.05, 4.69) is 35.1 Å². The summed E-state index contributed by atoms with van der Waals surface area (Å²) in [6.07, 6.45) is 5.63. The maximum Gasteiger partial charge on any atom is 0.0359 e. The smallest absolute Gasteiger partial charge is 0.0359 e. The Morgan fingerprint density at radius 1 is 1.40 bits per heavy atom. The van der Waals surface area contributed by atoms with E-state index in [1.165, 1.54) is 18.5 Å². The van der Waals surface area contributed by atoms with Gasteiger partial charge in [0.1, 0.15) is 0 Å². The molecule has 0 fully saturated rings. The minimum Gasteiger partial charge on any atom is -0.350 e. The summed E-state index contributed by atoms with van der Waals surface area (Å²) in [5.41, 5.74) is 6.82. The lowest BCUT2D eigenvalue weighted by Crippen LogP contribution is -2.18. The van der Waals surface area contributed by atoms with Gasteiger partial charge in [0.15, 0.2) is 0 Å². The molecule has 1 aromatic rings. The first-order valence-corrected chi connectivity index (χ1v) is 5.93. The van der Waals surface area contributed by atoms with Gasteiger partial charge in [0.05, 0.1) is 0 Å². The van der Waals surface area contributed by atoms with Crippen LogP contribution in [0.2, 0.25) is 0 Å². The highest BCUT2D eigenvalue weighted by atomic mass is 15.0. The summed E-state index contributed by atoms with van der Waals surface area (Å²) in [5, 5.41) is 3.45. The van der Waals surface area contributed by atoms with Crippen LogP contribution in [0.15, 0.2) is 18.3 Å². The van der Waals surface area contributed by atoms with Crippen molar-refractivity contribution in [3.63, 3.8) is 0 Å². The highest BCUT2D eigenvalue weighted by Crippen LogP contribution is 2.03. The van der Waals surface area contributed by atoms with Crippen LogP contribution in [0.5, 0.6) is 0 Å². The summed E-state index contributed by atoms with van der Waals surface area (Å²) in [6, 6.07) is 4.30. The molecule has 1 aromatic heterocycles.